The van der Waals surface area contributed by atoms with Crippen LogP contribution < -0.4 is 5.32 Å². The van der Waals surface area contributed by atoms with Crippen LogP contribution in [0.3, 0.4) is 0 Å². The van der Waals surface area contributed by atoms with E-state index in [0.29, 0.717) is 5.56 Å². The van der Waals surface area contributed by atoms with Gasteiger partial charge >= 0.3 is 0 Å². The molecular weight excluding hydrogens is 249 g/mol. The van der Waals surface area contributed by atoms with Crippen LogP contribution >= 0.6 is 0 Å². The number of rotatable bonds is 4. The molecule has 106 valence electrons. The lowest BCUT2D eigenvalue weighted by Gasteiger charge is -2.19. The molecule has 0 amide bonds. The second-order valence-electron chi connectivity index (χ2n) is 5.48. The first-order chi connectivity index (χ1) is 9.51. The van der Waals surface area contributed by atoms with Gasteiger partial charge in [0, 0.05) is 6.04 Å². The van der Waals surface area contributed by atoms with Crippen molar-refractivity contribution in [2.24, 2.45) is 0 Å². The van der Waals surface area contributed by atoms with Gasteiger partial charge in [-0.15, -0.1) is 0 Å². The number of hydrogen-bond donors (Lipinski definition) is 1. The molecule has 2 aromatic rings. The molecular formula is C18H22FN. The third kappa shape index (κ3) is 3.26. The van der Waals surface area contributed by atoms with Crippen LogP contribution in [0.1, 0.15) is 33.9 Å². The van der Waals surface area contributed by atoms with E-state index in [2.05, 4.69) is 37.4 Å². The first-order valence-corrected chi connectivity index (χ1v) is 7.00. The summed E-state index contributed by atoms with van der Waals surface area (Å²) in [7, 11) is 1.92. The van der Waals surface area contributed by atoms with Gasteiger partial charge in [0.15, 0.2) is 0 Å². The quantitative estimate of drug-likeness (QED) is 0.876. The van der Waals surface area contributed by atoms with E-state index in [0.717, 1.165) is 12.0 Å². The van der Waals surface area contributed by atoms with Crippen molar-refractivity contribution in [1.82, 2.24) is 5.32 Å². The van der Waals surface area contributed by atoms with Crippen molar-refractivity contribution in [3.63, 3.8) is 0 Å². The average molecular weight is 271 g/mol. The van der Waals surface area contributed by atoms with Crippen molar-refractivity contribution < 1.29 is 4.39 Å². The molecule has 0 aromatic heterocycles. The van der Waals surface area contributed by atoms with Gasteiger partial charge in [-0.05, 0) is 62.6 Å². The maximum Gasteiger partial charge on any atom is 0.126 e. The summed E-state index contributed by atoms with van der Waals surface area (Å²) in [5.41, 5.74) is 5.54. The number of nitrogens with one attached hydrogen (secondary N) is 1. The van der Waals surface area contributed by atoms with Crippen LogP contribution in [0, 0.1) is 26.6 Å². The highest BCUT2D eigenvalue weighted by Crippen LogP contribution is 2.22. The van der Waals surface area contributed by atoms with E-state index in [1.165, 1.54) is 16.7 Å². The minimum atomic E-state index is -0.135. The molecule has 0 heterocycles. The largest absolute Gasteiger partial charge is 0.313 e. The molecule has 0 aliphatic rings. The Labute approximate surface area is 120 Å². The number of halogens is 1. The lowest BCUT2D eigenvalue weighted by Crippen LogP contribution is -2.19. The fourth-order valence-electron chi connectivity index (χ4n) is 2.45. The first-order valence-electron chi connectivity index (χ1n) is 7.00. The Bertz CT molecular complexity index is 604. The smallest absolute Gasteiger partial charge is 0.126 e. The van der Waals surface area contributed by atoms with Crippen molar-refractivity contribution in [1.29, 1.82) is 0 Å². The van der Waals surface area contributed by atoms with E-state index in [1.54, 1.807) is 13.0 Å². The molecule has 0 fully saturated rings. The molecule has 1 atom stereocenters. The molecule has 0 saturated heterocycles. The van der Waals surface area contributed by atoms with E-state index in [9.17, 15) is 4.39 Å². The fourth-order valence-corrected chi connectivity index (χ4v) is 2.45. The van der Waals surface area contributed by atoms with Crippen LogP contribution in [0.5, 0.6) is 0 Å². The first kappa shape index (κ1) is 14.7. The molecule has 0 saturated carbocycles. The summed E-state index contributed by atoms with van der Waals surface area (Å²) in [4.78, 5) is 0. The van der Waals surface area contributed by atoms with Crippen LogP contribution in [0.25, 0.3) is 0 Å². The Balaban J connectivity index is 2.28. The van der Waals surface area contributed by atoms with Crippen molar-refractivity contribution >= 4 is 0 Å². The highest BCUT2D eigenvalue weighted by Gasteiger charge is 2.13. The van der Waals surface area contributed by atoms with Crippen LogP contribution in [0.15, 0.2) is 36.4 Å². The van der Waals surface area contributed by atoms with Crippen molar-refractivity contribution in [3.8, 4) is 0 Å². The lowest BCUT2D eigenvalue weighted by atomic mass is 9.94. The van der Waals surface area contributed by atoms with Gasteiger partial charge in [-0.3, -0.25) is 0 Å². The van der Waals surface area contributed by atoms with Gasteiger partial charge in [-0.1, -0.05) is 35.9 Å². The molecule has 0 aliphatic heterocycles. The predicted molar refractivity (Wildman–Crippen MR) is 82.6 cm³/mol. The molecule has 1 N–H and O–H groups in total. The maximum atomic E-state index is 13.7. The molecule has 0 spiro atoms. The fraction of sp³-hybridized carbons (Fsp3) is 0.333. The highest BCUT2D eigenvalue weighted by atomic mass is 19.1. The van der Waals surface area contributed by atoms with Gasteiger partial charge in [0.25, 0.3) is 0 Å². The molecule has 2 aromatic carbocycles. The molecule has 1 nitrogen and oxygen atoms in total. The molecule has 2 rings (SSSR count). The Morgan fingerprint density at radius 3 is 2.35 bits per heavy atom. The maximum absolute atomic E-state index is 13.7. The average Bonchev–Trinajstić information content (AvgIpc) is 2.43. The third-order valence-corrected chi connectivity index (χ3v) is 3.88. The minimum Gasteiger partial charge on any atom is -0.313 e. The zero-order valence-corrected chi connectivity index (χ0v) is 12.6. The van der Waals surface area contributed by atoms with Crippen molar-refractivity contribution in [2.45, 2.75) is 33.2 Å². The molecule has 20 heavy (non-hydrogen) atoms. The van der Waals surface area contributed by atoms with Crippen LogP contribution in [0.2, 0.25) is 0 Å². The van der Waals surface area contributed by atoms with E-state index < -0.39 is 0 Å². The Morgan fingerprint density at radius 2 is 1.70 bits per heavy atom. The number of hydrogen-bond acceptors (Lipinski definition) is 1. The van der Waals surface area contributed by atoms with Gasteiger partial charge in [0.1, 0.15) is 5.82 Å². The molecule has 0 bridgehead atoms. The second kappa shape index (κ2) is 6.19. The van der Waals surface area contributed by atoms with Gasteiger partial charge in [0.2, 0.25) is 0 Å². The van der Waals surface area contributed by atoms with Crippen LogP contribution in [-0.2, 0) is 6.42 Å². The highest BCUT2D eigenvalue weighted by molar-refractivity contribution is 5.33. The summed E-state index contributed by atoms with van der Waals surface area (Å²) in [6.07, 6.45) is 0.868. The van der Waals surface area contributed by atoms with Gasteiger partial charge < -0.3 is 5.32 Å². The normalized spacial score (nSPS) is 12.4. The van der Waals surface area contributed by atoms with Crippen molar-refractivity contribution in [2.75, 3.05) is 7.05 Å². The number of benzene rings is 2. The number of likely N-dealkylation sites (N-methyl/N-ethyl adjacent to an activating group) is 1. The van der Waals surface area contributed by atoms with E-state index in [4.69, 9.17) is 0 Å². The van der Waals surface area contributed by atoms with E-state index >= 15 is 0 Å². The van der Waals surface area contributed by atoms with Crippen LogP contribution in [-0.4, -0.2) is 7.05 Å². The lowest BCUT2D eigenvalue weighted by molar-refractivity contribution is 0.573. The summed E-state index contributed by atoms with van der Waals surface area (Å²) in [5, 5.41) is 3.29. The Hall–Kier alpha value is -1.67. The summed E-state index contributed by atoms with van der Waals surface area (Å²) >= 11 is 0. The minimum absolute atomic E-state index is 0.130. The van der Waals surface area contributed by atoms with Crippen LogP contribution in [0.4, 0.5) is 4.39 Å². The summed E-state index contributed by atoms with van der Waals surface area (Å²) < 4.78 is 13.7. The topological polar surface area (TPSA) is 12.0 Å². The Morgan fingerprint density at radius 1 is 1.00 bits per heavy atom. The standard InChI is InChI=1S/C18H22FN/c1-12-5-6-13(2)16(9-12)11-18(20-4)15-8-7-14(3)17(19)10-15/h5-10,18,20H,11H2,1-4H3. The van der Waals surface area contributed by atoms with Gasteiger partial charge in [-0.2, -0.15) is 0 Å². The van der Waals surface area contributed by atoms with E-state index in [1.807, 2.05) is 19.2 Å². The molecule has 0 aliphatic carbocycles. The molecule has 0 radical (unpaired) electrons. The second-order valence-corrected chi connectivity index (χ2v) is 5.48. The SMILES string of the molecule is CNC(Cc1cc(C)ccc1C)c1ccc(C)c(F)c1. The number of aryl methyl sites for hydroxylation is 3. The van der Waals surface area contributed by atoms with Gasteiger partial charge in [0.05, 0.1) is 0 Å². The molecule has 2 heteroatoms. The zero-order valence-electron chi connectivity index (χ0n) is 12.6. The molecule has 1 unspecified atom stereocenters. The Kier molecular flexibility index (Phi) is 4.56. The summed E-state index contributed by atoms with van der Waals surface area (Å²) in [6, 6.07) is 12.1. The zero-order chi connectivity index (χ0) is 14.7. The third-order valence-electron chi connectivity index (χ3n) is 3.88. The van der Waals surface area contributed by atoms with Crippen molar-refractivity contribution in [3.05, 3.63) is 70.0 Å². The van der Waals surface area contributed by atoms with Gasteiger partial charge in [-0.25, -0.2) is 4.39 Å². The van der Waals surface area contributed by atoms with E-state index in [-0.39, 0.29) is 11.9 Å². The monoisotopic (exact) mass is 271 g/mol. The predicted octanol–water partition coefficient (Wildman–Crippen LogP) is 4.25. The summed E-state index contributed by atoms with van der Waals surface area (Å²) in [5.74, 6) is -0.135. The summed E-state index contributed by atoms with van der Waals surface area (Å²) in [6.45, 7) is 6.01.